The first-order valence-electron chi connectivity index (χ1n) is 8.98. The van der Waals surface area contributed by atoms with Crippen molar-refractivity contribution in [2.45, 2.75) is 36.6 Å². The van der Waals surface area contributed by atoms with Crippen molar-refractivity contribution in [3.63, 3.8) is 0 Å². The molecule has 0 atom stereocenters. The van der Waals surface area contributed by atoms with Crippen LogP contribution in [0, 0.1) is 6.92 Å². The molecule has 1 saturated heterocycles. The van der Waals surface area contributed by atoms with Crippen LogP contribution in [0.1, 0.15) is 24.0 Å². The molecule has 0 aromatic heterocycles. The number of aryl methyl sites for hydroxylation is 1. The molecule has 0 N–H and O–H groups in total. The summed E-state index contributed by atoms with van der Waals surface area (Å²) in [6.07, 6.45) is 1.41. The summed E-state index contributed by atoms with van der Waals surface area (Å²) in [6, 6.07) is 14.3. The monoisotopic (exact) mass is 410 g/mol. The van der Waals surface area contributed by atoms with Gasteiger partial charge in [0.05, 0.1) is 12.0 Å². The first-order chi connectivity index (χ1) is 12.8. The third-order valence-corrected chi connectivity index (χ3v) is 6.67. The molecular weight excluding hydrogens is 386 g/mol. The predicted octanol–water partition coefficient (Wildman–Crippen LogP) is 4.04. The number of nitrogens with zero attached hydrogens (tertiary/aromatic N) is 1. The molecule has 7 heteroatoms. The van der Waals surface area contributed by atoms with Crippen molar-refractivity contribution >= 4 is 21.7 Å². The fourth-order valence-electron chi connectivity index (χ4n) is 3.33. The van der Waals surface area contributed by atoms with Crippen LogP contribution in [-0.2, 0) is 20.9 Å². The minimum absolute atomic E-state index is 0.00655. The van der Waals surface area contributed by atoms with Crippen molar-refractivity contribution in [1.29, 1.82) is 0 Å². The van der Waals surface area contributed by atoms with Crippen LogP contribution in [-0.4, -0.2) is 38.6 Å². The third kappa shape index (κ3) is 5.02. The SMILES string of the molecule is COc1cccc(C[N+]2(OS(=O)(=O)c3ccc(C)cc3)CCC(Cl)CC2)c1. The van der Waals surface area contributed by atoms with Crippen molar-refractivity contribution in [2.75, 3.05) is 20.2 Å². The minimum atomic E-state index is -3.89. The molecule has 0 saturated carbocycles. The minimum Gasteiger partial charge on any atom is -0.497 e. The van der Waals surface area contributed by atoms with E-state index in [9.17, 15) is 8.42 Å². The van der Waals surface area contributed by atoms with Gasteiger partial charge in [-0.15, -0.1) is 11.6 Å². The topological polar surface area (TPSA) is 52.6 Å². The molecule has 0 amide bonds. The van der Waals surface area contributed by atoms with E-state index in [0.717, 1.165) is 16.9 Å². The zero-order valence-corrected chi connectivity index (χ0v) is 17.2. The summed E-state index contributed by atoms with van der Waals surface area (Å²) in [7, 11) is -2.28. The number of likely N-dealkylation sites (tertiary alicyclic amines) is 1. The summed E-state index contributed by atoms with van der Waals surface area (Å²) in [5.41, 5.74) is 1.96. The number of hydrogen-bond donors (Lipinski definition) is 0. The Bertz CT molecular complexity index is 875. The summed E-state index contributed by atoms with van der Waals surface area (Å²) in [4.78, 5) is 0.171. The van der Waals surface area contributed by atoms with Gasteiger partial charge in [0.2, 0.25) is 0 Å². The Morgan fingerprint density at radius 2 is 1.78 bits per heavy atom. The fraction of sp³-hybridized carbons (Fsp3) is 0.400. The molecule has 146 valence electrons. The van der Waals surface area contributed by atoms with Gasteiger partial charge in [-0.3, -0.25) is 0 Å². The van der Waals surface area contributed by atoms with E-state index < -0.39 is 10.1 Å². The molecule has 2 aromatic carbocycles. The number of benzene rings is 2. The number of quaternary nitrogens is 1. The maximum atomic E-state index is 12.9. The van der Waals surface area contributed by atoms with Crippen LogP contribution >= 0.6 is 11.6 Å². The second-order valence-corrected chi connectivity index (χ2v) is 9.18. The van der Waals surface area contributed by atoms with Gasteiger partial charge in [0.15, 0.2) is 0 Å². The summed E-state index contributed by atoms with van der Waals surface area (Å²) in [5.74, 6) is 0.735. The highest BCUT2D eigenvalue weighted by atomic mass is 35.5. The zero-order valence-electron chi connectivity index (χ0n) is 15.6. The Hall–Kier alpha value is -1.60. The summed E-state index contributed by atoms with van der Waals surface area (Å²) >= 11 is 6.27. The van der Waals surface area contributed by atoms with Gasteiger partial charge >= 0.3 is 10.1 Å². The quantitative estimate of drug-likeness (QED) is 0.532. The number of piperidine rings is 1. The Balaban J connectivity index is 1.89. The van der Waals surface area contributed by atoms with Gasteiger partial charge in [0.25, 0.3) is 0 Å². The Kier molecular flexibility index (Phi) is 6.11. The zero-order chi connectivity index (χ0) is 19.5. The highest BCUT2D eigenvalue weighted by molar-refractivity contribution is 7.86. The number of halogens is 1. The number of alkyl halides is 1. The Labute approximate surface area is 166 Å². The first kappa shape index (κ1) is 20.1. The average Bonchev–Trinajstić information content (AvgIpc) is 2.64. The summed E-state index contributed by atoms with van der Waals surface area (Å²) in [5, 5.41) is 0.0484. The number of hydroxylamine groups is 3. The second kappa shape index (κ2) is 8.19. The van der Waals surface area contributed by atoms with Crippen molar-refractivity contribution < 1.29 is 22.1 Å². The number of rotatable bonds is 6. The molecule has 27 heavy (non-hydrogen) atoms. The molecule has 1 aliphatic heterocycles. The Morgan fingerprint density at radius 3 is 2.41 bits per heavy atom. The van der Waals surface area contributed by atoms with Crippen LogP contribution in [0.5, 0.6) is 5.75 Å². The van der Waals surface area contributed by atoms with Gasteiger partial charge < -0.3 is 4.74 Å². The van der Waals surface area contributed by atoms with Crippen molar-refractivity contribution in [3.05, 3.63) is 59.7 Å². The van der Waals surface area contributed by atoms with E-state index in [-0.39, 0.29) is 14.9 Å². The summed E-state index contributed by atoms with van der Waals surface area (Å²) in [6.45, 7) is 3.43. The van der Waals surface area contributed by atoms with Gasteiger partial charge in [0.1, 0.15) is 25.4 Å². The van der Waals surface area contributed by atoms with Gasteiger partial charge in [-0.2, -0.15) is 13.1 Å². The van der Waals surface area contributed by atoms with E-state index in [1.165, 1.54) is 0 Å². The van der Waals surface area contributed by atoms with Crippen molar-refractivity contribution in [1.82, 2.24) is 0 Å². The molecule has 0 radical (unpaired) electrons. The van der Waals surface area contributed by atoms with E-state index in [0.29, 0.717) is 32.5 Å². The van der Waals surface area contributed by atoms with E-state index >= 15 is 0 Å². The van der Waals surface area contributed by atoms with Crippen LogP contribution in [0.15, 0.2) is 53.4 Å². The maximum absolute atomic E-state index is 12.9. The molecular formula is C20H25ClNO4S+. The summed E-state index contributed by atoms with van der Waals surface area (Å²) < 4.78 is 37.0. The molecule has 1 aliphatic rings. The molecule has 2 aromatic rings. The van der Waals surface area contributed by atoms with Crippen molar-refractivity contribution in [3.8, 4) is 5.75 Å². The average molecular weight is 411 g/mol. The lowest BCUT2D eigenvalue weighted by atomic mass is 10.1. The molecule has 0 aliphatic carbocycles. The number of ether oxygens (including phenoxy) is 1. The van der Waals surface area contributed by atoms with Gasteiger partial charge in [-0.25, -0.2) is 0 Å². The van der Waals surface area contributed by atoms with Crippen LogP contribution < -0.4 is 4.74 Å². The number of methoxy groups -OCH3 is 1. The van der Waals surface area contributed by atoms with Crippen LogP contribution in [0.3, 0.4) is 0 Å². The van der Waals surface area contributed by atoms with Crippen LogP contribution in [0.25, 0.3) is 0 Å². The van der Waals surface area contributed by atoms with E-state index in [2.05, 4.69) is 0 Å². The van der Waals surface area contributed by atoms with Gasteiger partial charge in [-0.1, -0.05) is 34.1 Å². The molecule has 1 fully saturated rings. The van der Waals surface area contributed by atoms with E-state index in [1.54, 1.807) is 31.4 Å². The van der Waals surface area contributed by atoms with Gasteiger partial charge in [0, 0.05) is 23.8 Å². The highest BCUT2D eigenvalue weighted by Crippen LogP contribution is 2.30. The molecule has 0 spiro atoms. The predicted molar refractivity (Wildman–Crippen MR) is 105 cm³/mol. The highest BCUT2D eigenvalue weighted by Gasteiger charge is 2.41. The molecule has 0 bridgehead atoms. The van der Waals surface area contributed by atoms with Gasteiger partial charge in [-0.05, 0) is 31.2 Å². The number of hydrogen-bond acceptors (Lipinski definition) is 4. The van der Waals surface area contributed by atoms with Crippen molar-refractivity contribution in [2.24, 2.45) is 0 Å². The smallest absolute Gasteiger partial charge is 0.342 e. The lowest BCUT2D eigenvalue weighted by Crippen LogP contribution is -2.53. The van der Waals surface area contributed by atoms with Crippen LogP contribution in [0.4, 0.5) is 0 Å². The molecule has 3 rings (SSSR count). The molecule has 0 unspecified atom stereocenters. The van der Waals surface area contributed by atoms with Crippen LogP contribution in [0.2, 0.25) is 0 Å². The lowest BCUT2D eigenvalue weighted by molar-refractivity contribution is -1.09. The third-order valence-electron chi connectivity index (χ3n) is 4.87. The second-order valence-electron chi connectivity index (χ2n) is 7.03. The molecule has 5 nitrogen and oxygen atoms in total. The largest absolute Gasteiger partial charge is 0.497 e. The van der Waals surface area contributed by atoms with E-state index in [4.69, 9.17) is 20.6 Å². The first-order valence-corrected chi connectivity index (χ1v) is 10.8. The maximum Gasteiger partial charge on any atom is 0.342 e. The lowest BCUT2D eigenvalue weighted by Gasteiger charge is -2.38. The molecule has 1 heterocycles. The fourth-order valence-corrected chi connectivity index (χ4v) is 4.69. The standard InChI is InChI=1S/C20H25ClNO4S/c1-16-6-8-20(9-7-16)27(23,24)26-22(12-10-18(21)11-13-22)15-17-4-3-5-19(14-17)25-2/h3-9,14,18H,10-13,15H2,1-2H3/q+1. The normalized spacial score (nSPS) is 23.1. The van der Waals surface area contributed by atoms with E-state index in [1.807, 2.05) is 31.2 Å². The Morgan fingerprint density at radius 1 is 1.11 bits per heavy atom.